The maximum Gasteiger partial charge on any atom is 0.408 e. The molecule has 1 heterocycles. The van der Waals surface area contributed by atoms with Crippen LogP contribution in [0.1, 0.15) is 75.2 Å². The minimum absolute atomic E-state index is 0.139. The van der Waals surface area contributed by atoms with Crippen molar-refractivity contribution in [1.82, 2.24) is 9.78 Å². The highest BCUT2D eigenvalue weighted by atomic mass is 19.4. The van der Waals surface area contributed by atoms with E-state index in [4.69, 9.17) is 0 Å². The van der Waals surface area contributed by atoms with Crippen LogP contribution in [0.15, 0.2) is 0 Å². The highest BCUT2D eigenvalue weighted by Crippen LogP contribution is 2.50. The van der Waals surface area contributed by atoms with E-state index in [1.54, 1.807) is 0 Å². The van der Waals surface area contributed by atoms with Crippen LogP contribution in [0.4, 0.5) is 13.2 Å². The van der Waals surface area contributed by atoms with E-state index in [2.05, 4.69) is 25.9 Å². The first-order chi connectivity index (χ1) is 9.17. The summed E-state index contributed by atoms with van der Waals surface area (Å²) in [4.78, 5) is 0. The lowest BCUT2D eigenvalue weighted by Crippen LogP contribution is -2.21. The molecule has 0 atom stereocenters. The van der Waals surface area contributed by atoms with E-state index in [1.807, 2.05) is 0 Å². The molecule has 3 rings (SSSR count). The monoisotopic (exact) mass is 286 g/mol. The molecule has 0 N–H and O–H groups in total. The normalized spacial score (nSPS) is 20.5. The van der Waals surface area contributed by atoms with E-state index in [1.165, 1.54) is 4.68 Å². The van der Waals surface area contributed by atoms with Crippen molar-refractivity contribution in [2.24, 2.45) is 0 Å². The third-order valence-corrected chi connectivity index (χ3v) is 4.03. The van der Waals surface area contributed by atoms with Gasteiger partial charge in [0.1, 0.15) is 6.54 Å². The Balaban J connectivity index is 2.10. The average molecular weight is 286 g/mol. The summed E-state index contributed by atoms with van der Waals surface area (Å²) in [6.45, 7) is 5.30. The molecule has 0 amide bonds. The zero-order chi connectivity index (χ0) is 14.7. The van der Waals surface area contributed by atoms with E-state index < -0.39 is 12.7 Å². The maximum absolute atomic E-state index is 12.8. The predicted molar refractivity (Wildman–Crippen MR) is 70.9 cm³/mol. The van der Waals surface area contributed by atoms with E-state index in [0.29, 0.717) is 5.92 Å². The highest BCUT2D eigenvalue weighted by Gasteiger charge is 2.42. The topological polar surface area (TPSA) is 17.8 Å². The van der Waals surface area contributed by atoms with Crippen LogP contribution in [0.25, 0.3) is 0 Å². The zero-order valence-corrected chi connectivity index (χ0v) is 12.2. The van der Waals surface area contributed by atoms with Crippen LogP contribution >= 0.6 is 0 Å². The SMILES string of the molecule is CC(C)(C)c1c(C2CC2)nn(CC(F)(F)F)c1C1CC1. The first-order valence-corrected chi connectivity index (χ1v) is 7.34. The molecule has 2 aliphatic rings. The third kappa shape index (κ3) is 2.72. The fraction of sp³-hybridized carbons (Fsp3) is 0.800. The Morgan fingerprint density at radius 1 is 1.05 bits per heavy atom. The van der Waals surface area contributed by atoms with Crippen molar-refractivity contribution in [2.45, 2.75) is 76.4 Å². The summed E-state index contributed by atoms with van der Waals surface area (Å²) in [7, 11) is 0. The van der Waals surface area contributed by atoms with Crippen LogP contribution < -0.4 is 0 Å². The number of alkyl halides is 3. The molecule has 1 aromatic heterocycles. The van der Waals surface area contributed by atoms with Crippen LogP contribution in [0.3, 0.4) is 0 Å². The van der Waals surface area contributed by atoms with Crippen LogP contribution in [-0.2, 0) is 12.0 Å². The Morgan fingerprint density at radius 3 is 2.00 bits per heavy atom. The zero-order valence-electron chi connectivity index (χ0n) is 12.2. The lowest BCUT2D eigenvalue weighted by atomic mass is 9.83. The fourth-order valence-electron chi connectivity index (χ4n) is 2.97. The minimum atomic E-state index is -4.20. The highest BCUT2D eigenvalue weighted by molar-refractivity contribution is 5.40. The summed E-state index contributed by atoms with van der Waals surface area (Å²) in [5.41, 5.74) is 2.74. The molecular weight excluding hydrogens is 265 g/mol. The van der Waals surface area contributed by atoms with Gasteiger partial charge < -0.3 is 0 Å². The first-order valence-electron chi connectivity index (χ1n) is 7.34. The van der Waals surface area contributed by atoms with Crippen molar-refractivity contribution in [2.75, 3.05) is 0 Å². The smallest absolute Gasteiger partial charge is 0.260 e. The van der Waals surface area contributed by atoms with Gasteiger partial charge in [-0.3, -0.25) is 4.68 Å². The molecule has 112 valence electrons. The summed E-state index contributed by atoms with van der Waals surface area (Å²) in [5, 5.41) is 4.38. The second-order valence-corrected chi connectivity index (χ2v) is 7.22. The summed E-state index contributed by atoms with van der Waals surface area (Å²) >= 11 is 0. The van der Waals surface area contributed by atoms with Crippen LogP contribution in [0.5, 0.6) is 0 Å². The van der Waals surface area contributed by atoms with E-state index in [-0.39, 0.29) is 11.3 Å². The van der Waals surface area contributed by atoms with Gasteiger partial charge in [0.25, 0.3) is 0 Å². The summed E-state index contributed by atoms with van der Waals surface area (Å²) in [6, 6.07) is 0. The van der Waals surface area contributed by atoms with Crippen molar-refractivity contribution < 1.29 is 13.2 Å². The quantitative estimate of drug-likeness (QED) is 0.800. The number of aromatic nitrogens is 2. The van der Waals surface area contributed by atoms with Crippen molar-refractivity contribution in [3.63, 3.8) is 0 Å². The summed E-state index contributed by atoms with van der Waals surface area (Å²) in [6.07, 6.45) is -0.0778. The van der Waals surface area contributed by atoms with Gasteiger partial charge >= 0.3 is 6.18 Å². The molecule has 2 fully saturated rings. The number of halogens is 3. The van der Waals surface area contributed by atoms with Gasteiger partial charge in [-0.2, -0.15) is 18.3 Å². The van der Waals surface area contributed by atoms with Crippen LogP contribution in [0, 0.1) is 0 Å². The van der Waals surface area contributed by atoms with Crippen LogP contribution in [0.2, 0.25) is 0 Å². The van der Waals surface area contributed by atoms with Crippen molar-refractivity contribution in [3.05, 3.63) is 17.0 Å². The molecule has 20 heavy (non-hydrogen) atoms. The largest absolute Gasteiger partial charge is 0.408 e. The molecule has 0 aromatic carbocycles. The minimum Gasteiger partial charge on any atom is -0.260 e. The van der Waals surface area contributed by atoms with Gasteiger partial charge in [0.2, 0.25) is 0 Å². The van der Waals surface area contributed by atoms with E-state index in [0.717, 1.165) is 42.6 Å². The van der Waals surface area contributed by atoms with Gasteiger partial charge in [0, 0.05) is 23.1 Å². The predicted octanol–water partition coefficient (Wildman–Crippen LogP) is 4.50. The number of hydrogen-bond donors (Lipinski definition) is 0. The average Bonchev–Trinajstić information content (AvgIpc) is 3.14. The molecule has 0 bridgehead atoms. The van der Waals surface area contributed by atoms with Crippen molar-refractivity contribution in [1.29, 1.82) is 0 Å². The number of rotatable bonds is 3. The molecule has 0 saturated heterocycles. The van der Waals surface area contributed by atoms with Gasteiger partial charge in [-0.15, -0.1) is 0 Å². The fourth-order valence-corrected chi connectivity index (χ4v) is 2.97. The molecular formula is C15H21F3N2. The van der Waals surface area contributed by atoms with Gasteiger partial charge in [-0.1, -0.05) is 20.8 Å². The second kappa shape index (κ2) is 4.25. The van der Waals surface area contributed by atoms with Gasteiger partial charge in [-0.25, -0.2) is 0 Å². The molecule has 0 radical (unpaired) electrons. The Labute approximate surface area is 117 Å². The maximum atomic E-state index is 12.8. The summed E-state index contributed by atoms with van der Waals surface area (Å²) < 4.78 is 39.7. The Bertz CT molecular complexity index is 514. The van der Waals surface area contributed by atoms with E-state index >= 15 is 0 Å². The van der Waals surface area contributed by atoms with Crippen molar-refractivity contribution in [3.8, 4) is 0 Å². The van der Waals surface area contributed by atoms with Gasteiger partial charge in [0.15, 0.2) is 0 Å². The number of hydrogen-bond acceptors (Lipinski definition) is 1. The standard InChI is InChI=1S/C15H21F3N2/c1-14(2,3)11-12(9-4-5-9)19-20(8-15(16,17)18)13(11)10-6-7-10/h9-10H,4-8H2,1-3H3. The molecule has 0 unspecified atom stereocenters. The molecule has 2 nitrogen and oxygen atoms in total. The Morgan fingerprint density at radius 2 is 1.60 bits per heavy atom. The van der Waals surface area contributed by atoms with Crippen molar-refractivity contribution >= 4 is 0 Å². The molecule has 1 aromatic rings. The van der Waals surface area contributed by atoms with Crippen LogP contribution in [-0.4, -0.2) is 16.0 Å². The third-order valence-electron chi connectivity index (χ3n) is 4.03. The number of nitrogens with zero attached hydrogens (tertiary/aromatic N) is 2. The summed E-state index contributed by atoms with van der Waals surface area (Å²) in [5.74, 6) is 0.669. The Hall–Kier alpha value is -1.00. The first kappa shape index (κ1) is 14.0. The molecule has 5 heteroatoms. The van der Waals surface area contributed by atoms with Gasteiger partial charge in [0.05, 0.1) is 5.69 Å². The molecule has 2 aliphatic carbocycles. The second-order valence-electron chi connectivity index (χ2n) is 7.22. The van der Waals surface area contributed by atoms with Gasteiger partial charge in [-0.05, 0) is 31.1 Å². The molecule has 0 aliphatic heterocycles. The van der Waals surface area contributed by atoms with E-state index in [9.17, 15) is 13.2 Å². The lowest BCUT2D eigenvalue weighted by Gasteiger charge is -2.22. The molecule has 2 saturated carbocycles. The lowest BCUT2D eigenvalue weighted by molar-refractivity contribution is -0.143. The Kier molecular flexibility index (Phi) is 2.96. The molecule has 0 spiro atoms.